The fourth-order valence-electron chi connectivity index (χ4n) is 0.801. The first-order valence-corrected chi connectivity index (χ1v) is 3.92. The van der Waals surface area contributed by atoms with E-state index < -0.39 is 0 Å². The van der Waals surface area contributed by atoms with Gasteiger partial charge in [-0.1, -0.05) is 0 Å². The van der Waals surface area contributed by atoms with Crippen LogP contribution < -0.4 is 0 Å². The molecule has 0 aliphatic carbocycles. The van der Waals surface area contributed by atoms with E-state index in [0.29, 0.717) is 0 Å². The molecule has 11 heavy (non-hydrogen) atoms. The third-order valence-electron chi connectivity index (χ3n) is 1.31. The van der Waals surface area contributed by atoms with Gasteiger partial charge in [-0.25, -0.2) is 4.37 Å². The van der Waals surface area contributed by atoms with Crippen molar-refractivity contribution in [3.05, 3.63) is 30.7 Å². The summed E-state index contributed by atoms with van der Waals surface area (Å²) in [5.41, 5.74) is 1.07. The molecule has 4 heteroatoms. The van der Waals surface area contributed by atoms with Gasteiger partial charge in [0.15, 0.2) is 0 Å². The van der Waals surface area contributed by atoms with Crippen LogP contribution >= 0.6 is 11.5 Å². The molecule has 0 unspecified atom stereocenters. The highest BCUT2D eigenvalue weighted by atomic mass is 32.1. The molecule has 2 rings (SSSR count). The molecule has 0 radical (unpaired) electrons. The molecule has 0 fully saturated rings. The second-order valence-electron chi connectivity index (χ2n) is 2.01. The molecule has 0 amide bonds. The zero-order chi connectivity index (χ0) is 7.52. The fourth-order valence-corrected chi connectivity index (χ4v) is 1.38. The van der Waals surface area contributed by atoms with Gasteiger partial charge in [-0.2, -0.15) is 10.2 Å². The maximum absolute atomic E-state index is 3.99. The van der Waals surface area contributed by atoms with Gasteiger partial charge in [-0.15, -0.1) is 0 Å². The highest BCUT2D eigenvalue weighted by molar-refractivity contribution is 7.09. The molecule has 0 aliphatic heterocycles. The van der Waals surface area contributed by atoms with E-state index in [2.05, 4.69) is 14.6 Å². The minimum absolute atomic E-state index is 1.07. The summed E-state index contributed by atoms with van der Waals surface area (Å²) in [6.07, 6.45) is 5.18. The third-order valence-corrected chi connectivity index (χ3v) is 2.10. The summed E-state index contributed by atoms with van der Waals surface area (Å²) in [5, 5.41) is 7.46. The summed E-state index contributed by atoms with van der Waals surface area (Å²) in [6.45, 7) is 0. The van der Waals surface area contributed by atoms with E-state index >= 15 is 0 Å². The molecule has 2 aromatic rings. The maximum atomic E-state index is 3.99. The Bertz CT molecular complexity index is 317. The molecule has 0 spiro atoms. The van der Waals surface area contributed by atoms with Crippen molar-refractivity contribution in [2.45, 2.75) is 0 Å². The van der Waals surface area contributed by atoms with E-state index in [4.69, 9.17) is 0 Å². The van der Waals surface area contributed by atoms with Crippen LogP contribution in [0.25, 0.3) is 10.4 Å². The Kier molecular flexibility index (Phi) is 1.61. The number of hydrogen-bond acceptors (Lipinski definition) is 4. The standard InChI is InChI=1S/C7H5N3S/c1-3-8-9-5-6(1)7-2-4-10-11-7/h1-5H. The number of rotatable bonds is 1. The van der Waals surface area contributed by atoms with Crippen LogP contribution in [0, 0.1) is 0 Å². The molecule has 2 aromatic heterocycles. The smallest absolute Gasteiger partial charge is 0.0583 e. The average Bonchev–Trinajstić information content (AvgIpc) is 2.58. The van der Waals surface area contributed by atoms with E-state index in [-0.39, 0.29) is 0 Å². The fraction of sp³-hybridized carbons (Fsp3) is 0. The minimum atomic E-state index is 1.07. The number of hydrogen-bond donors (Lipinski definition) is 0. The monoisotopic (exact) mass is 163 g/mol. The molecule has 2 heterocycles. The SMILES string of the molecule is c1cc(-c2ccns2)cnn1. The van der Waals surface area contributed by atoms with Gasteiger partial charge in [0.1, 0.15) is 0 Å². The molecular formula is C7H5N3S. The van der Waals surface area contributed by atoms with Gasteiger partial charge < -0.3 is 0 Å². The predicted octanol–water partition coefficient (Wildman–Crippen LogP) is 1.60. The van der Waals surface area contributed by atoms with E-state index in [1.54, 1.807) is 18.6 Å². The zero-order valence-corrected chi connectivity index (χ0v) is 6.45. The van der Waals surface area contributed by atoms with Crippen molar-refractivity contribution in [2.24, 2.45) is 0 Å². The Hall–Kier alpha value is -1.29. The molecular weight excluding hydrogens is 158 g/mol. The zero-order valence-electron chi connectivity index (χ0n) is 5.64. The quantitative estimate of drug-likeness (QED) is 0.641. The van der Waals surface area contributed by atoms with Crippen LogP contribution in [0.2, 0.25) is 0 Å². The van der Waals surface area contributed by atoms with Crippen molar-refractivity contribution < 1.29 is 0 Å². The van der Waals surface area contributed by atoms with Crippen molar-refractivity contribution >= 4 is 11.5 Å². The largest absolute Gasteiger partial charge is 0.201 e. The lowest BCUT2D eigenvalue weighted by Gasteiger charge is -1.90. The first kappa shape index (κ1) is 6.42. The number of nitrogens with zero attached hydrogens (tertiary/aromatic N) is 3. The summed E-state index contributed by atoms with van der Waals surface area (Å²) in [7, 11) is 0. The van der Waals surface area contributed by atoms with Crippen LogP contribution in [0.5, 0.6) is 0 Å². The molecule has 0 saturated heterocycles. The van der Waals surface area contributed by atoms with Crippen LogP contribution in [0.4, 0.5) is 0 Å². The van der Waals surface area contributed by atoms with Crippen molar-refractivity contribution in [3.8, 4) is 10.4 Å². The van der Waals surface area contributed by atoms with Gasteiger partial charge in [-0.05, 0) is 23.7 Å². The predicted molar refractivity (Wildman–Crippen MR) is 43.1 cm³/mol. The first-order chi connectivity index (χ1) is 5.47. The normalized spacial score (nSPS) is 9.82. The van der Waals surface area contributed by atoms with Gasteiger partial charge in [0, 0.05) is 11.8 Å². The Morgan fingerprint density at radius 1 is 1.09 bits per heavy atom. The maximum Gasteiger partial charge on any atom is 0.0583 e. The third kappa shape index (κ3) is 1.25. The topological polar surface area (TPSA) is 38.7 Å². The van der Waals surface area contributed by atoms with Crippen LogP contribution in [0.15, 0.2) is 30.7 Å². The van der Waals surface area contributed by atoms with Crippen molar-refractivity contribution in [1.82, 2.24) is 14.6 Å². The summed E-state index contributed by atoms with van der Waals surface area (Å²) in [4.78, 5) is 1.12. The summed E-state index contributed by atoms with van der Waals surface area (Å²) < 4.78 is 3.99. The molecule has 0 N–H and O–H groups in total. The highest BCUT2D eigenvalue weighted by Gasteiger charge is 1.96. The second-order valence-corrected chi connectivity index (χ2v) is 2.84. The summed E-state index contributed by atoms with van der Waals surface area (Å²) in [5.74, 6) is 0. The lowest BCUT2D eigenvalue weighted by molar-refractivity contribution is 1.03. The number of aromatic nitrogens is 3. The molecule has 0 aliphatic rings. The highest BCUT2D eigenvalue weighted by Crippen LogP contribution is 2.20. The van der Waals surface area contributed by atoms with Crippen molar-refractivity contribution in [1.29, 1.82) is 0 Å². The summed E-state index contributed by atoms with van der Waals surface area (Å²) >= 11 is 1.46. The average molecular weight is 163 g/mol. The Balaban J connectivity index is 2.46. The molecule has 0 bridgehead atoms. The van der Waals surface area contributed by atoms with E-state index in [1.165, 1.54) is 11.5 Å². The second kappa shape index (κ2) is 2.75. The lowest BCUT2D eigenvalue weighted by atomic mass is 10.3. The molecule has 0 atom stereocenters. The van der Waals surface area contributed by atoms with Gasteiger partial charge in [0.05, 0.1) is 17.3 Å². The Morgan fingerprint density at radius 2 is 2.09 bits per heavy atom. The van der Waals surface area contributed by atoms with Crippen LogP contribution in [-0.4, -0.2) is 14.6 Å². The van der Waals surface area contributed by atoms with Gasteiger partial charge in [0.2, 0.25) is 0 Å². The lowest BCUT2D eigenvalue weighted by Crippen LogP contribution is -1.78. The molecule has 0 aromatic carbocycles. The molecule has 54 valence electrons. The van der Waals surface area contributed by atoms with Gasteiger partial charge in [-0.3, -0.25) is 0 Å². The van der Waals surface area contributed by atoms with Crippen LogP contribution in [0.3, 0.4) is 0 Å². The van der Waals surface area contributed by atoms with Crippen LogP contribution in [0.1, 0.15) is 0 Å². The van der Waals surface area contributed by atoms with E-state index in [0.717, 1.165) is 10.4 Å². The first-order valence-electron chi connectivity index (χ1n) is 3.14. The summed E-state index contributed by atoms with van der Waals surface area (Å²) in [6, 6.07) is 3.88. The Labute approximate surface area is 67.9 Å². The van der Waals surface area contributed by atoms with Crippen LogP contribution in [-0.2, 0) is 0 Å². The van der Waals surface area contributed by atoms with Gasteiger partial charge in [0.25, 0.3) is 0 Å². The molecule has 0 saturated carbocycles. The Morgan fingerprint density at radius 3 is 2.73 bits per heavy atom. The minimum Gasteiger partial charge on any atom is -0.201 e. The molecule has 3 nitrogen and oxygen atoms in total. The van der Waals surface area contributed by atoms with Crippen molar-refractivity contribution in [2.75, 3.05) is 0 Å². The van der Waals surface area contributed by atoms with E-state index in [9.17, 15) is 0 Å². The van der Waals surface area contributed by atoms with Crippen molar-refractivity contribution in [3.63, 3.8) is 0 Å². The van der Waals surface area contributed by atoms with Gasteiger partial charge >= 0.3 is 0 Å². The van der Waals surface area contributed by atoms with E-state index in [1.807, 2.05) is 12.1 Å².